The van der Waals surface area contributed by atoms with Crippen LogP contribution in [0.2, 0.25) is 5.31 Å². The van der Waals surface area contributed by atoms with Crippen molar-refractivity contribution in [1.82, 2.24) is 0 Å². The van der Waals surface area contributed by atoms with E-state index < -0.39 is 12.4 Å². The highest BCUT2D eigenvalue weighted by molar-refractivity contribution is 6.46. The number of rotatable bonds is 1. The molecule has 0 heterocycles. The minimum Gasteiger partial charge on any atom is -0.426 e. The van der Waals surface area contributed by atoms with Gasteiger partial charge in [0, 0.05) is 5.31 Å². The lowest BCUT2D eigenvalue weighted by molar-refractivity contribution is 0.365. The summed E-state index contributed by atoms with van der Waals surface area (Å²) in [5.41, 5.74) is 1.09. The molecule has 1 aliphatic rings. The molecule has 0 spiro atoms. The Kier molecular flexibility index (Phi) is 2.21. The summed E-state index contributed by atoms with van der Waals surface area (Å²) in [6.07, 6.45) is 6.55. The number of hydrogen-bond donors (Lipinski definition) is 2. The van der Waals surface area contributed by atoms with Crippen molar-refractivity contribution in [3.05, 3.63) is 23.8 Å². The topological polar surface area (TPSA) is 40.5 Å². The van der Waals surface area contributed by atoms with E-state index >= 15 is 0 Å². The summed E-state index contributed by atoms with van der Waals surface area (Å²) in [6, 6.07) is 0. The Morgan fingerprint density at radius 3 is 2.55 bits per heavy atom. The highest BCUT2D eigenvalue weighted by Crippen LogP contribution is 2.37. The van der Waals surface area contributed by atoms with E-state index in [0.29, 0.717) is 6.42 Å². The van der Waals surface area contributed by atoms with Gasteiger partial charge in [0.05, 0.1) is 0 Å². The highest BCUT2D eigenvalue weighted by Gasteiger charge is 2.35. The van der Waals surface area contributed by atoms with Gasteiger partial charge in [-0.15, -0.1) is 0 Å². The summed E-state index contributed by atoms with van der Waals surface area (Å²) in [4.78, 5) is 0. The van der Waals surface area contributed by atoms with E-state index in [0.717, 1.165) is 5.57 Å². The normalized spacial score (nSPS) is 30.0. The average Bonchev–Trinajstić information content (AvgIpc) is 1.86. The van der Waals surface area contributed by atoms with Crippen LogP contribution in [0, 0.1) is 0 Å². The van der Waals surface area contributed by atoms with Crippen molar-refractivity contribution in [2.45, 2.75) is 25.6 Å². The first kappa shape index (κ1) is 8.56. The Morgan fingerprint density at radius 2 is 2.18 bits per heavy atom. The van der Waals surface area contributed by atoms with E-state index in [1.165, 1.54) is 0 Å². The Bertz CT molecular complexity index is 208. The van der Waals surface area contributed by atoms with E-state index in [1.807, 2.05) is 32.1 Å². The summed E-state index contributed by atoms with van der Waals surface area (Å²) in [6.45, 7) is 3.79. The number of hydrogen-bond acceptors (Lipinski definition) is 2. The fourth-order valence-electron chi connectivity index (χ4n) is 1.31. The van der Waals surface area contributed by atoms with Gasteiger partial charge >= 0.3 is 7.12 Å². The molecule has 1 rings (SSSR count). The van der Waals surface area contributed by atoms with Crippen LogP contribution in [0.1, 0.15) is 20.3 Å². The monoisotopic (exact) mass is 152 g/mol. The van der Waals surface area contributed by atoms with Crippen molar-refractivity contribution >= 4 is 7.12 Å². The molecule has 0 aliphatic heterocycles. The summed E-state index contributed by atoms with van der Waals surface area (Å²) in [5.74, 6) is 0. The van der Waals surface area contributed by atoms with Gasteiger partial charge in [0.15, 0.2) is 0 Å². The zero-order chi connectivity index (χ0) is 8.48. The lowest BCUT2D eigenvalue weighted by Gasteiger charge is -2.26. The molecule has 0 aromatic rings. The maximum absolute atomic E-state index is 9.03. The van der Waals surface area contributed by atoms with Gasteiger partial charge in [0.25, 0.3) is 0 Å². The third-order valence-corrected chi connectivity index (χ3v) is 2.09. The van der Waals surface area contributed by atoms with E-state index in [1.54, 1.807) is 0 Å². The van der Waals surface area contributed by atoms with Gasteiger partial charge in [0.1, 0.15) is 0 Å². The van der Waals surface area contributed by atoms with Crippen LogP contribution in [0.15, 0.2) is 23.8 Å². The first-order valence-electron chi connectivity index (χ1n) is 3.77. The molecule has 1 unspecified atom stereocenters. The molecule has 2 nitrogen and oxygen atoms in total. The van der Waals surface area contributed by atoms with Gasteiger partial charge in [-0.25, -0.2) is 0 Å². The third kappa shape index (κ3) is 1.73. The molecule has 60 valence electrons. The van der Waals surface area contributed by atoms with Crippen molar-refractivity contribution < 1.29 is 10.0 Å². The minimum absolute atomic E-state index is 0.487. The average molecular weight is 152 g/mol. The predicted octanol–water partition coefficient (Wildman–Crippen LogP) is 1.13. The summed E-state index contributed by atoms with van der Waals surface area (Å²) < 4.78 is 0. The maximum atomic E-state index is 9.03. The van der Waals surface area contributed by atoms with Gasteiger partial charge in [0.2, 0.25) is 0 Å². The van der Waals surface area contributed by atoms with Crippen molar-refractivity contribution in [3.8, 4) is 0 Å². The quantitative estimate of drug-likeness (QED) is 0.552. The van der Waals surface area contributed by atoms with Crippen LogP contribution in [-0.2, 0) is 0 Å². The molecule has 0 saturated heterocycles. The van der Waals surface area contributed by atoms with E-state index in [2.05, 4.69) is 0 Å². The summed E-state index contributed by atoms with van der Waals surface area (Å²) >= 11 is 0. The van der Waals surface area contributed by atoms with Crippen LogP contribution in [0.25, 0.3) is 0 Å². The molecule has 2 N–H and O–H groups in total. The molecule has 1 atom stereocenters. The van der Waals surface area contributed by atoms with Crippen molar-refractivity contribution in [2.24, 2.45) is 0 Å². The van der Waals surface area contributed by atoms with Crippen molar-refractivity contribution in [3.63, 3.8) is 0 Å². The SMILES string of the molecule is CC1=CC(C)(B(O)O)CC=C1. The Morgan fingerprint density at radius 1 is 1.55 bits per heavy atom. The predicted molar refractivity (Wildman–Crippen MR) is 46.1 cm³/mol. The molecule has 0 bridgehead atoms. The van der Waals surface area contributed by atoms with Crippen molar-refractivity contribution in [1.29, 1.82) is 0 Å². The Balaban J connectivity index is 2.83. The zero-order valence-corrected chi connectivity index (χ0v) is 6.91. The zero-order valence-electron chi connectivity index (χ0n) is 6.91. The number of allylic oxidation sites excluding steroid dienone is 4. The standard InChI is InChI=1S/C8H13BO2/c1-7-4-3-5-8(2,6-7)9(10)11/h3-4,6,10-11H,5H2,1-2H3. The van der Waals surface area contributed by atoms with Gasteiger partial charge in [-0.05, 0) is 13.3 Å². The van der Waals surface area contributed by atoms with Crippen LogP contribution in [-0.4, -0.2) is 17.2 Å². The summed E-state index contributed by atoms with van der Waals surface area (Å²) in [7, 11) is -1.26. The van der Waals surface area contributed by atoms with Crippen molar-refractivity contribution in [2.75, 3.05) is 0 Å². The summed E-state index contributed by atoms with van der Waals surface area (Å²) in [5, 5.41) is 17.6. The second-order valence-corrected chi connectivity index (χ2v) is 3.37. The van der Waals surface area contributed by atoms with Gasteiger partial charge in [-0.2, -0.15) is 0 Å². The molecule has 0 aromatic heterocycles. The fourth-order valence-corrected chi connectivity index (χ4v) is 1.31. The van der Waals surface area contributed by atoms with E-state index in [-0.39, 0.29) is 0 Å². The van der Waals surface area contributed by atoms with Crippen LogP contribution in [0.4, 0.5) is 0 Å². The van der Waals surface area contributed by atoms with E-state index in [4.69, 9.17) is 10.0 Å². The molecule has 0 radical (unpaired) electrons. The molecular formula is C8H13BO2. The smallest absolute Gasteiger partial charge is 0.426 e. The largest absolute Gasteiger partial charge is 0.462 e. The van der Waals surface area contributed by atoms with Crippen LogP contribution in [0.3, 0.4) is 0 Å². The lowest BCUT2D eigenvalue weighted by atomic mass is 9.56. The molecule has 1 aliphatic carbocycles. The molecule has 0 amide bonds. The molecule has 0 aromatic carbocycles. The van der Waals surface area contributed by atoms with Crippen LogP contribution >= 0.6 is 0 Å². The van der Waals surface area contributed by atoms with Gasteiger partial charge in [-0.3, -0.25) is 0 Å². The molecule has 11 heavy (non-hydrogen) atoms. The van der Waals surface area contributed by atoms with Gasteiger partial charge in [-0.1, -0.05) is 30.7 Å². The molecule has 0 fully saturated rings. The van der Waals surface area contributed by atoms with Crippen LogP contribution in [0.5, 0.6) is 0 Å². The first-order chi connectivity index (χ1) is 5.04. The van der Waals surface area contributed by atoms with Gasteiger partial charge < -0.3 is 10.0 Å². The minimum atomic E-state index is -1.26. The third-order valence-electron chi connectivity index (χ3n) is 2.09. The maximum Gasteiger partial charge on any atom is 0.462 e. The Labute approximate surface area is 67.4 Å². The van der Waals surface area contributed by atoms with E-state index in [9.17, 15) is 0 Å². The second kappa shape index (κ2) is 2.84. The lowest BCUT2D eigenvalue weighted by Crippen LogP contribution is -2.29. The van der Waals surface area contributed by atoms with Crippen LogP contribution < -0.4 is 0 Å². The molecular weight excluding hydrogens is 139 g/mol. The second-order valence-electron chi connectivity index (χ2n) is 3.37. The molecule has 3 heteroatoms. The molecule has 0 saturated carbocycles. The Hall–Kier alpha value is -0.535. The highest BCUT2D eigenvalue weighted by atomic mass is 16.4. The fraction of sp³-hybridized carbons (Fsp3) is 0.500. The first-order valence-corrected chi connectivity index (χ1v) is 3.77.